The molecule has 14 heteroatoms. The summed E-state index contributed by atoms with van der Waals surface area (Å²) < 4.78 is 27.9. The number of hydrogen-bond donors (Lipinski definition) is 3. The lowest BCUT2D eigenvalue weighted by molar-refractivity contribution is 0.101. The molecule has 1 saturated carbocycles. The fourth-order valence-corrected chi connectivity index (χ4v) is 5.88. The van der Waals surface area contributed by atoms with Gasteiger partial charge in [0.25, 0.3) is 0 Å². The van der Waals surface area contributed by atoms with Gasteiger partial charge in [-0.25, -0.2) is 20.1 Å². The minimum absolute atomic E-state index is 0.225. The molecule has 1 aliphatic carbocycles. The number of aromatic nitrogens is 3. The first-order valence-electron chi connectivity index (χ1n) is 10.4. The average molecular weight is 603 g/mol. The van der Waals surface area contributed by atoms with Crippen LogP contribution in [0.5, 0.6) is 0 Å². The van der Waals surface area contributed by atoms with Gasteiger partial charge in [0.15, 0.2) is 0 Å². The Balaban J connectivity index is 1.48. The highest BCUT2D eigenvalue weighted by Gasteiger charge is 2.35. The molecule has 186 valence electrons. The summed E-state index contributed by atoms with van der Waals surface area (Å²) in [5, 5.41) is 18.3. The molecule has 0 spiro atoms. The summed E-state index contributed by atoms with van der Waals surface area (Å²) in [6, 6.07) is 7.07. The second-order valence-electron chi connectivity index (χ2n) is 8.07. The maximum atomic E-state index is 13.3. The first-order chi connectivity index (χ1) is 16.6. The summed E-state index contributed by atoms with van der Waals surface area (Å²) >= 11 is 10.9. The van der Waals surface area contributed by atoms with Gasteiger partial charge >= 0.3 is 10.3 Å². The molecule has 4 N–H and O–H groups in total. The van der Waals surface area contributed by atoms with Crippen LogP contribution in [0.2, 0.25) is 4.34 Å². The molecule has 0 bridgehead atoms. The van der Waals surface area contributed by atoms with E-state index in [2.05, 4.69) is 40.4 Å². The molecule has 3 heterocycles. The number of pyridine rings is 1. The zero-order valence-corrected chi connectivity index (χ0v) is 22.1. The summed E-state index contributed by atoms with van der Waals surface area (Å²) in [7, 11) is -4.10. The number of anilines is 1. The molecule has 0 radical (unpaired) electrons. The van der Waals surface area contributed by atoms with E-state index >= 15 is 0 Å². The Kier molecular flexibility index (Phi) is 8.16. The number of carbonyl (C=O) groups is 1. The number of nitrogens with one attached hydrogen (secondary N) is 1. The molecule has 1 unspecified atom stereocenters. The highest BCUT2D eigenvalue weighted by atomic mass is 79.9. The number of rotatable bonds is 9. The van der Waals surface area contributed by atoms with Gasteiger partial charge in [0, 0.05) is 30.3 Å². The molecule has 4 rings (SSSR count). The van der Waals surface area contributed by atoms with Crippen LogP contribution in [-0.4, -0.2) is 53.0 Å². The van der Waals surface area contributed by atoms with Crippen molar-refractivity contribution in [1.82, 2.24) is 15.0 Å². The van der Waals surface area contributed by atoms with Crippen molar-refractivity contribution >= 4 is 60.8 Å². The Hall–Kier alpha value is -2.00. The van der Waals surface area contributed by atoms with Gasteiger partial charge in [0.05, 0.1) is 27.5 Å². The second kappa shape index (κ2) is 10.9. The monoisotopic (exact) mass is 601 g/mol. The molecule has 35 heavy (non-hydrogen) atoms. The zero-order valence-electron chi connectivity index (χ0n) is 18.1. The Morgan fingerprint density at radius 1 is 1.37 bits per heavy atom. The molecule has 3 atom stereocenters. The standard InChI is InChI=1S/C21H21BrClN5O5S2/c22-18-3-1-2-13(27-18)4-11-6-17(34-20(11)23)19(30)15-8-25-10-26-21(15)28-14-5-12(16(29)7-14)9-33-35(24,31)32/h1-3,6,8,10,12,14,16,29H,4-5,7,9H2,(H2,24,31,32)(H,25,26,28)/t12?,14-,16+/m1/s1. The van der Waals surface area contributed by atoms with E-state index in [-0.39, 0.29) is 24.0 Å². The van der Waals surface area contributed by atoms with Crippen molar-refractivity contribution in [2.45, 2.75) is 31.4 Å². The van der Waals surface area contributed by atoms with Gasteiger partial charge in [-0.3, -0.25) is 8.98 Å². The Morgan fingerprint density at radius 3 is 2.91 bits per heavy atom. The number of carbonyl (C=O) groups excluding carboxylic acids is 1. The molecule has 1 aliphatic rings. The smallest absolute Gasteiger partial charge is 0.333 e. The van der Waals surface area contributed by atoms with Crippen LogP contribution < -0.4 is 10.5 Å². The van der Waals surface area contributed by atoms with Crippen molar-refractivity contribution in [2.24, 2.45) is 11.1 Å². The van der Waals surface area contributed by atoms with Gasteiger partial charge in [-0.05, 0) is 52.5 Å². The predicted molar refractivity (Wildman–Crippen MR) is 135 cm³/mol. The largest absolute Gasteiger partial charge is 0.393 e. The Morgan fingerprint density at radius 2 is 2.17 bits per heavy atom. The van der Waals surface area contributed by atoms with E-state index in [0.29, 0.717) is 38.9 Å². The minimum Gasteiger partial charge on any atom is -0.393 e. The molecule has 3 aromatic heterocycles. The van der Waals surface area contributed by atoms with Crippen molar-refractivity contribution < 1.29 is 22.5 Å². The topological polar surface area (TPSA) is 157 Å². The quantitative estimate of drug-likeness (QED) is 0.247. The number of aliphatic hydroxyl groups excluding tert-OH is 1. The first-order valence-corrected chi connectivity index (χ1v) is 13.9. The van der Waals surface area contributed by atoms with Crippen molar-refractivity contribution in [3.8, 4) is 0 Å². The molecule has 0 aromatic carbocycles. The predicted octanol–water partition coefficient (Wildman–Crippen LogP) is 2.94. The summed E-state index contributed by atoms with van der Waals surface area (Å²) in [4.78, 5) is 26.4. The zero-order chi connectivity index (χ0) is 25.2. The number of halogens is 2. The lowest BCUT2D eigenvalue weighted by atomic mass is 10.1. The lowest BCUT2D eigenvalue weighted by Crippen LogP contribution is -2.24. The maximum absolute atomic E-state index is 13.3. The van der Waals surface area contributed by atoms with Crippen molar-refractivity contribution in [3.63, 3.8) is 0 Å². The molecule has 0 amide bonds. The number of thiophene rings is 1. The molecule has 0 aliphatic heterocycles. The minimum atomic E-state index is -4.10. The number of aliphatic hydroxyl groups is 1. The van der Waals surface area contributed by atoms with E-state index in [1.165, 1.54) is 23.9 Å². The highest BCUT2D eigenvalue weighted by molar-refractivity contribution is 9.10. The van der Waals surface area contributed by atoms with E-state index in [0.717, 1.165) is 11.3 Å². The van der Waals surface area contributed by atoms with Crippen LogP contribution in [0.15, 0.2) is 41.4 Å². The molecule has 10 nitrogen and oxygen atoms in total. The highest BCUT2D eigenvalue weighted by Crippen LogP contribution is 2.33. The fraction of sp³-hybridized carbons (Fsp3) is 0.333. The van der Waals surface area contributed by atoms with Gasteiger partial charge in [-0.15, -0.1) is 11.3 Å². The summed E-state index contributed by atoms with van der Waals surface area (Å²) in [6.07, 6.45) is 3.15. The molecule has 3 aromatic rings. The van der Waals surface area contributed by atoms with Gasteiger partial charge < -0.3 is 10.4 Å². The lowest BCUT2D eigenvalue weighted by Gasteiger charge is -2.15. The summed E-state index contributed by atoms with van der Waals surface area (Å²) in [6.45, 7) is -0.225. The van der Waals surface area contributed by atoms with Crippen LogP contribution in [0.1, 0.15) is 39.3 Å². The van der Waals surface area contributed by atoms with Crippen LogP contribution in [0.25, 0.3) is 0 Å². The van der Waals surface area contributed by atoms with Crippen LogP contribution in [0, 0.1) is 5.92 Å². The van der Waals surface area contributed by atoms with Gasteiger partial charge in [-0.1, -0.05) is 17.7 Å². The fourth-order valence-electron chi connectivity index (χ4n) is 3.90. The van der Waals surface area contributed by atoms with Crippen molar-refractivity contribution in [2.75, 3.05) is 11.9 Å². The van der Waals surface area contributed by atoms with E-state index in [9.17, 15) is 18.3 Å². The average Bonchev–Trinajstić information content (AvgIpc) is 3.33. The van der Waals surface area contributed by atoms with E-state index < -0.39 is 22.3 Å². The Bertz CT molecular complexity index is 1340. The second-order valence-corrected chi connectivity index (χ2v) is 11.8. The number of ketones is 1. The first kappa shape index (κ1) is 26.1. The van der Waals surface area contributed by atoms with Crippen LogP contribution >= 0.6 is 38.9 Å². The molecule has 1 fully saturated rings. The molecular weight excluding hydrogens is 582 g/mol. The number of nitrogens with zero attached hydrogens (tertiary/aromatic N) is 3. The number of hydrogen-bond acceptors (Lipinski definition) is 10. The van der Waals surface area contributed by atoms with E-state index in [1.807, 2.05) is 18.2 Å². The third-order valence-electron chi connectivity index (χ3n) is 5.53. The Labute approximate surface area is 219 Å². The van der Waals surface area contributed by atoms with Crippen LogP contribution in [0.4, 0.5) is 5.82 Å². The van der Waals surface area contributed by atoms with Crippen molar-refractivity contribution in [1.29, 1.82) is 0 Å². The number of nitrogens with two attached hydrogens (primary N) is 1. The summed E-state index contributed by atoms with van der Waals surface area (Å²) in [5.74, 6) is -0.409. The summed E-state index contributed by atoms with van der Waals surface area (Å²) in [5.41, 5.74) is 1.86. The van der Waals surface area contributed by atoms with E-state index in [4.69, 9.17) is 16.7 Å². The SMILES string of the molecule is NS(=O)(=O)OCC1C[C@@H](Nc2ncncc2C(=O)c2cc(Cc3cccc(Br)n3)c(Cl)s2)C[C@@H]1O. The van der Waals surface area contributed by atoms with Gasteiger partial charge in [0.2, 0.25) is 5.78 Å². The molecular formula is C21H21BrClN5O5S2. The molecule has 0 saturated heterocycles. The van der Waals surface area contributed by atoms with Gasteiger partial charge in [0.1, 0.15) is 16.7 Å². The van der Waals surface area contributed by atoms with Gasteiger partial charge in [-0.2, -0.15) is 8.42 Å². The third kappa shape index (κ3) is 6.82. The normalized spacial score (nSPS) is 20.2. The van der Waals surface area contributed by atoms with E-state index in [1.54, 1.807) is 6.07 Å². The maximum Gasteiger partial charge on any atom is 0.333 e. The van der Waals surface area contributed by atoms with Crippen LogP contribution in [-0.2, 0) is 20.9 Å². The third-order valence-corrected chi connectivity index (χ3v) is 7.87. The van der Waals surface area contributed by atoms with Crippen molar-refractivity contribution in [3.05, 3.63) is 67.4 Å². The van der Waals surface area contributed by atoms with Crippen LogP contribution in [0.3, 0.4) is 0 Å².